The first-order chi connectivity index (χ1) is 15.3. The molecule has 4 rings (SSSR count). The van der Waals surface area contributed by atoms with Gasteiger partial charge in [-0.3, -0.25) is 9.20 Å². The average Bonchev–Trinajstić information content (AvgIpc) is 3.60. The molecule has 0 spiro atoms. The molecule has 1 aliphatic rings. The molecule has 0 saturated heterocycles. The average molecular weight is 431 g/mol. The zero-order valence-electron chi connectivity index (χ0n) is 18.2. The van der Waals surface area contributed by atoms with E-state index in [1.54, 1.807) is 24.4 Å². The second-order valence-corrected chi connectivity index (χ2v) is 8.41. The molecule has 0 amide bonds. The summed E-state index contributed by atoms with van der Waals surface area (Å²) in [6, 6.07) is 10.4. The lowest BCUT2D eigenvalue weighted by molar-refractivity contribution is 0.0698. The van der Waals surface area contributed by atoms with Gasteiger partial charge in [0.05, 0.1) is 11.6 Å². The highest BCUT2D eigenvalue weighted by atomic mass is 16.4. The van der Waals surface area contributed by atoms with E-state index >= 15 is 0 Å². The molecular formula is C24H25N5O3. The van der Waals surface area contributed by atoms with Crippen molar-refractivity contribution in [3.8, 4) is 6.07 Å². The smallest absolute Gasteiger partial charge is 0.337 e. The van der Waals surface area contributed by atoms with E-state index in [-0.39, 0.29) is 23.2 Å². The van der Waals surface area contributed by atoms with Gasteiger partial charge in [-0.1, -0.05) is 12.1 Å². The normalized spacial score (nSPS) is 15.1. The quantitative estimate of drug-likeness (QED) is 0.518. The van der Waals surface area contributed by atoms with Gasteiger partial charge in [-0.15, -0.1) is 0 Å². The van der Waals surface area contributed by atoms with E-state index in [0.717, 1.165) is 24.0 Å². The first-order valence-electron chi connectivity index (χ1n) is 10.6. The minimum absolute atomic E-state index is 0.0108. The van der Waals surface area contributed by atoms with Gasteiger partial charge < -0.3 is 15.7 Å². The Hall–Kier alpha value is -3.86. The van der Waals surface area contributed by atoms with E-state index in [1.807, 2.05) is 32.9 Å². The molecule has 8 heteroatoms. The van der Waals surface area contributed by atoms with Crippen molar-refractivity contribution in [2.24, 2.45) is 5.92 Å². The van der Waals surface area contributed by atoms with Crippen molar-refractivity contribution in [3.63, 3.8) is 0 Å². The molecule has 2 atom stereocenters. The SMILES string of the molecule is Cc1cc([C@@H](C)Nc2ccccc2C(=O)O)c2nc(N[C@@H](C)C3CC3)c(C#N)c(=O)n2c1. The molecule has 3 aromatic rings. The highest BCUT2D eigenvalue weighted by molar-refractivity contribution is 5.94. The monoisotopic (exact) mass is 431 g/mol. The fourth-order valence-electron chi connectivity index (χ4n) is 3.97. The van der Waals surface area contributed by atoms with Gasteiger partial charge in [0.1, 0.15) is 11.7 Å². The predicted octanol–water partition coefficient (Wildman–Crippen LogP) is 3.96. The molecule has 0 unspecified atom stereocenters. The molecule has 0 radical (unpaired) electrons. The number of carbonyl (C=O) groups is 1. The van der Waals surface area contributed by atoms with Gasteiger partial charge in [-0.2, -0.15) is 5.26 Å². The number of nitrogens with zero attached hydrogens (tertiary/aromatic N) is 3. The van der Waals surface area contributed by atoms with Crippen molar-refractivity contribution in [2.45, 2.75) is 45.7 Å². The fraction of sp³-hybridized carbons (Fsp3) is 0.333. The molecule has 0 bridgehead atoms. The molecule has 2 heterocycles. The van der Waals surface area contributed by atoms with Gasteiger partial charge in [-0.25, -0.2) is 9.78 Å². The summed E-state index contributed by atoms with van der Waals surface area (Å²) in [7, 11) is 0. The molecule has 32 heavy (non-hydrogen) atoms. The third kappa shape index (κ3) is 4.02. The maximum Gasteiger partial charge on any atom is 0.337 e. The summed E-state index contributed by atoms with van der Waals surface area (Å²) in [5.41, 5.74) is 2.19. The van der Waals surface area contributed by atoms with Crippen LogP contribution in [0.4, 0.5) is 11.5 Å². The minimum Gasteiger partial charge on any atom is -0.478 e. The van der Waals surface area contributed by atoms with E-state index < -0.39 is 11.5 Å². The Labute approximate surface area is 185 Å². The Morgan fingerprint density at radius 2 is 2.00 bits per heavy atom. The number of carboxylic acid groups (broad SMARTS) is 1. The van der Waals surface area contributed by atoms with Gasteiger partial charge in [0.25, 0.3) is 5.56 Å². The number of nitriles is 1. The first-order valence-corrected chi connectivity index (χ1v) is 10.6. The highest BCUT2D eigenvalue weighted by Gasteiger charge is 2.29. The number of rotatable bonds is 7. The zero-order valence-corrected chi connectivity index (χ0v) is 18.2. The zero-order chi connectivity index (χ0) is 23.0. The number of pyridine rings is 1. The Morgan fingerprint density at radius 3 is 2.66 bits per heavy atom. The van der Waals surface area contributed by atoms with Crippen LogP contribution in [0.3, 0.4) is 0 Å². The van der Waals surface area contributed by atoms with Gasteiger partial charge in [0.2, 0.25) is 0 Å². The van der Waals surface area contributed by atoms with Crippen LogP contribution in [0, 0.1) is 24.2 Å². The molecule has 8 nitrogen and oxygen atoms in total. The minimum atomic E-state index is -1.03. The lowest BCUT2D eigenvalue weighted by atomic mass is 10.1. The molecule has 1 saturated carbocycles. The molecule has 164 valence electrons. The van der Waals surface area contributed by atoms with Gasteiger partial charge in [0.15, 0.2) is 11.4 Å². The van der Waals surface area contributed by atoms with Crippen LogP contribution in [-0.4, -0.2) is 26.5 Å². The molecular weight excluding hydrogens is 406 g/mol. The standard InChI is InChI=1S/C24H25N5O3/c1-13-10-18(15(3)26-20-7-5-4-6-17(20)24(31)32)22-28-21(27-14(2)16-8-9-16)19(11-25)23(30)29(22)12-13/h4-7,10,12,14-16,26-27H,8-9H2,1-3H3,(H,31,32)/t14-,15+/m0/s1. The lowest BCUT2D eigenvalue weighted by Gasteiger charge is -2.21. The van der Waals surface area contributed by atoms with Crippen molar-refractivity contribution in [3.05, 3.63) is 69.1 Å². The summed E-state index contributed by atoms with van der Waals surface area (Å²) < 4.78 is 1.40. The summed E-state index contributed by atoms with van der Waals surface area (Å²) in [6.07, 6.45) is 3.91. The van der Waals surface area contributed by atoms with E-state index in [2.05, 4.69) is 10.6 Å². The summed E-state index contributed by atoms with van der Waals surface area (Å²) in [5, 5.41) is 25.6. The number of benzene rings is 1. The Bertz CT molecular complexity index is 1300. The molecule has 1 aromatic carbocycles. The Balaban J connectivity index is 1.82. The summed E-state index contributed by atoms with van der Waals surface area (Å²) in [5.74, 6) is -0.213. The highest BCUT2D eigenvalue weighted by Crippen LogP contribution is 2.34. The van der Waals surface area contributed by atoms with Crippen LogP contribution in [0.2, 0.25) is 0 Å². The van der Waals surface area contributed by atoms with E-state index in [9.17, 15) is 20.0 Å². The molecule has 1 aliphatic carbocycles. The number of aromatic carboxylic acids is 1. The van der Waals surface area contributed by atoms with E-state index in [4.69, 9.17) is 4.98 Å². The topological polar surface area (TPSA) is 120 Å². The van der Waals surface area contributed by atoms with Crippen LogP contribution in [0.1, 0.15) is 59.8 Å². The number of hydrogen-bond acceptors (Lipinski definition) is 6. The van der Waals surface area contributed by atoms with E-state index in [1.165, 1.54) is 10.5 Å². The molecule has 3 N–H and O–H groups in total. The van der Waals surface area contributed by atoms with Crippen LogP contribution in [0.25, 0.3) is 5.65 Å². The number of para-hydroxylation sites is 1. The predicted molar refractivity (Wildman–Crippen MR) is 122 cm³/mol. The lowest BCUT2D eigenvalue weighted by Crippen LogP contribution is -2.26. The van der Waals surface area contributed by atoms with Crippen LogP contribution in [-0.2, 0) is 0 Å². The van der Waals surface area contributed by atoms with Crippen LogP contribution < -0.4 is 16.2 Å². The second kappa shape index (κ2) is 8.35. The summed E-state index contributed by atoms with van der Waals surface area (Å²) >= 11 is 0. The van der Waals surface area contributed by atoms with E-state index in [0.29, 0.717) is 23.1 Å². The number of nitrogens with one attached hydrogen (secondary N) is 2. The number of hydrogen-bond donors (Lipinski definition) is 3. The molecule has 1 fully saturated rings. The van der Waals surface area contributed by atoms with Crippen molar-refractivity contribution >= 4 is 23.1 Å². The number of carboxylic acids is 1. The van der Waals surface area contributed by atoms with Crippen molar-refractivity contribution in [1.82, 2.24) is 9.38 Å². The largest absolute Gasteiger partial charge is 0.478 e. The van der Waals surface area contributed by atoms with Crippen molar-refractivity contribution in [1.29, 1.82) is 5.26 Å². The second-order valence-electron chi connectivity index (χ2n) is 8.41. The summed E-state index contributed by atoms with van der Waals surface area (Å²) in [6.45, 7) is 5.78. The summed E-state index contributed by atoms with van der Waals surface area (Å²) in [4.78, 5) is 29.4. The van der Waals surface area contributed by atoms with Gasteiger partial charge in [-0.05, 0) is 63.3 Å². The maximum atomic E-state index is 13.1. The Kier molecular flexibility index (Phi) is 5.57. The number of fused-ring (bicyclic) bond motifs is 1. The van der Waals surface area contributed by atoms with Gasteiger partial charge >= 0.3 is 5.97 Å². The van der Waals surface area contributed by atoms with Crippen LogP contribution in [0.15, 0.2) is 41.3 Å². The maximum absolute atomic E-state index is 13.1. The molecule has 0 aliphatic heterocycles. The van der Waals surface area contributed by atoms with Crippen LogP contribution in [0.5, 0.6) is 0 Å². The third-order valence-electron chi connectivity index (χ3n) is 5.89. The number of anilines is 2. The van der Waals surface area contributed by atoms with Crippen molar-refractivity contribution in [2.75, 3.05) is 10.6 Å². The fourth-order valence-corrected chi connectivity index (χ4v) is 3.97. The van der Waals surface area contributed by atoms with Crippen LogP contribution >= 0.6 is 0 Å². The van der Waals surface area contributed by atoms with Gasteiger partial charge in [0, 0.05) is 23.5 Å². The Morgan fingerprint density at radius 1 is 1.28 bits per heavy atom. The first kappa shape index (κ1) is 21.4. The third-order valence-corrected chi connectivity index (χ3v) is 5.89. The molecule has 2 aromatic heterocycles. The number of aryl methyl sites for hydroxylation is 1. The van der Waals surface area contributed by atoms with Crippen molar-refractivity contribution < 1.29 is 9.90 Å². The number of aromatic nitrogens is 2.